The number of nitrogens with one attached hydrogen (secondary N) is 1. The predicted molar refractivity (Wildman–Crippen MR) is 111 cm³/mol. The Hall–Kier alpha value is -2.83. The highest BCUT2D eigenvalue weighted by molar-refractivity contribution is 5.97. The van der Waals surface area contributed by atoms with Crippen molar-refractivity contribution >= 4 is 11.8 Å². The highest BCUT2D eigenvalue weighted by atomic mass is 16.5. The van der Waals surface area contributed by atoms with Gasteiger partial charge in [0.1, 0.15) is 11.4 Å². The van der Waals surface area contributed by atoms with E-state index in [1.54, 1.807) is 12.0 Å². The molecule has 29 heavy (non-hydrogen) atoms. The first-order valence-corrected chi connectivity index (χ1v) is 10.4. The summed E-state index contributed by atoms with van der Waals surface area (Å²) >= 11 is 0. The van der Waals surface area contributed by atoms with Crippen molar-refractivity contribution in [3.05, 3.63) is 47.0 Å². The summed E-state index contributed by atoms with van der Waals surface area (Å²) in [6, 6.07) is 7.80. The highest BCUT2D eigenvalue weighted by Gasteiger charge is 2.29. The summed E-state index contributed by atoms with van der Waals surface area (Å²) in [6.45, 7) is 6.41. The standard InChI is InChI=1S/C22H30N4O3/c1-4-25(5-2)22(28)19-18-8-6-7-15-26(18)20(24-19)21(27)23-14-13-16-9-11-17(29-3)12-10-16/h9-12H,4-8,13-15H2,1-3H3,(H,23,27). The monoisotopic (exact) mass is 398 g/mol. The normalized spacial score (nSPS) is 12.9. The number of hydrogen-bond acceptors (Lipinski definition) is 4. The lowest BCUT2D eigenvalue weighted by Gasteiger charge is -2.20. The van der Waals surface area contributed by atoms with E-state index in [9.17, 15) is 9.59 Å². The third-order valence-electron chi connectivity index (χ3n) is 5.43. The van der Waals surface area contributed by atoms with Crippen LogP contribution in [0.25, 0.3) is 0 Å². The van der Waals surface area contributed by atoms with Crippen LogP contribution in [0.2, 0.25) is 0 Å². The van der Waals surface area contributed by atoms with Crippen LogP contribution in [-0.4, -0.2) is 53.0 Å². The number of nitrogens with zero attached hydrogens (tertiary/aromatic N) is 3. The molecule has 0 unspecified atom stereocenters. The molecule has 0 radical (unpaired) electrons. The van der Waals surface area contributed by atoms with Gasteiger partial charge in [-0.05, 0) is 57.2 Å². The van der Waals surface area contributed by atoms with Gasteiger partial charge in [0.05, 0.1) is 12.8 Å². The zero-order chi connectivity index (χ0) is 20.8. The van der Waals surface area contributed by atoms with Crippen LogP contribution in [0.5, 0.6) is 5.75 Å². The number of rotatable bonds is 8. The molecule has 2 heterocycles. The van der Waals surface area contributed by atoms with E-state index < -0.39 is 0 Å². The van der Waals surface area contributed by atoms with Crippen LogP contribution in [0.4, 0.5) is 0 Å². The molecule has 2 aromatic rings. The number of methoxy groups -OCH3 is 1. The molecule has 0 bridgehead atoms. The SMILES string of the molecule is CCN(CC)C(=O)c1nc(C(=O)NCCc2ccc(OC)cc2)n2c1CCCC2. The summed E-state index contributed by atoms with van der Waals surface area (Å²) in [5, 5.41) is 2.96. The third-order valence-corrected chi connectivity index (χ3v) is 5.43. The van der Waals surface area contributed by atoms with E-state index >= 15 is 0 Å². The van der Waals surface area contributed by atoms with Crippen molar-refractivity contribution in [1.29, 1.82) is 0 Å². The van der Waals surface area contributed by atoms with Gasteiger partial charge in [0.25, 0.3) is 11.8 Å². The summed E-state index contributed by atoms with van der Waals surface area (Å²) < 4.78 is 7.10. The van der Waals surface area contributed by atoms with E-state index in [0.717, 1.165) is 42.8 Å². The fourth-order valence-electron chi connectivity index (χ4n) is 3.74. The minimum atomic E-state index is -0.222. The van der Waals surface area contributed by atoms with Gasteiger partial charge in [0.2, 0.25) is 0 Å². The summed E-state index contributed by atoms with van der Waals surface area (Å²) in [7, 11) is 1.64. The molecule has 0 saturated heterocycles. The molecule has 1 aromatic heterocycles. The summed E-state index contributed by atoms with van der Waals surface area (Å²) in [6.07, 6.45) is 3.51. The van der Waals surface area contributed by atoms with Crippen molar-refractivity contribution in [2.75, 3.05) is 26.7 Å². The van der Waals surface area contributed by atoms with Gasteiger partial charge in [0, 0.05) is 26.2 Å². The molecule has 2 amide bonds. The second-order valence-corrected chi connectivity index (χ2v) is 7.17. The lowest BCUT2D eigenvalue weighted by molar-refractivity contribution is 0.0766. The largest absolute Gasteiger partial charge is 0.497 e. The Morgan fingerprint density at radius 2 is 1.90 bits per heavy atom. The van der Waals surface area contributed by atoms with Crippen LogP contribution in [0, 0.1) is 0 Å². The first kappa shape index (κ1) is 20.9. The van der Waals surface area contributed by atoms with Crippen molar-refractivity contribution in [3.63, 3.8) is 0 Å². The van der Waals surface area contributed by atoms with Gasteiger partial charge in [-0.1, -0.05) is 12.1 Å². The molecule has 1 aliphatic rings. The van der Waals surface area contributed by atoms with Crippen LogP contribution >= 0.6 is 0 Å². The average molecular weight is 399 g/mol. The minimum absolute atomic E-state index is 0.0852. The maximum Gasteiger partial charge on any atom is 0.287 e. The molecule has 0 fully saturated rings. The molecule has 3 rings (SSSR count). The molecule has 7 heteroatoms. The van der Waals surface area contributed by atoms with Crippen LogP contribution in [0.1, 0.15) is 59.1 Å². The lowest BCUT2D eigenvalue weighted by atomic mass is 10.1. The van der Waals surface area contributed by atoms with Gasteiger partial charge in [-0.15, -0.1) is 0 Å². The predicted octanol–water partition coefficient (Wildman–Crippen LogP) is 2.68. The van der Waals surface area contributed by atoms with Crippen molar-refractivity contribution in [1.82, 2.24) is 19.8 Å². The van der Waals surface area contributed by atoms with Crippen LogP contribution in [0.15, 0.2) is 24.3 Å². The summed E-state index contributed by atoms with van der Waals surface area (Å²) in [5.41, 5.74) is 2.45. The Kier molecular flexibility index (Phi) is 6.90. The number of aromatic nitrogens is 2. The number of carbonyl (C=O) groups is 2. The highest BCUT2D eigenvalue weighted by Crippen LogP contribution is 2.22. The Morgan fingerprint density at radius 3 is 2.55 bits per heavy atom. The van der Waals surface area contributed by atoms with Crippen LogP contribution in [-0.2, 0) is 19.4 Å². The molecule has 156 valence electrons. The number of ether oxygens (including phenoxy) is 1. The Labute approximate surface area is 172 Å². The third kappa shape index (κ3) is 4.60. The van der Waals surface area contributed by atoms with Gasteiger partial charge >= 0.3 is 0 Å². The Morgan fingerprint density at radius 1 is 1.17 bits per heavy atom. The van der Waals surface area contributed by atoms with Gasteiger partial charge in [0.15, 0.2) is 5.82 Å². The number of imidazole rings is 1. The fraction of sp³-hybridized carbons (Fsp3) is 0.500. The maximum atomic E-state index is 12.9. The molecular formula is C22H30N4O3. The minimum Gasteiger partial charge on any atom is -0.497 e. The van der Waals surface area contributed by atoms with Crippen LogP contribution in [0.3, 0.4) is 0 Å². The first-order valence-electron chi connectivity index (χ1n) is 10.4. The molecule has 0 atom stereocenters. The van der Waals surface area contributed by atoms with Crippen molar-refractivity contribution in [2.45, 2.75) is 46.1 Å². The van der Waals surface area contributed by atoms with E-state index in [4.69, 9.17) is 4.74 Å². The van der Waals surface area contributed by atoms with E-state index in [1.807, 2.05) is 42.7 Å². The second-order valence-electron chi connectivity index (χ2n) is 7.17. The van der Waals surface area contributed by atoms with Crippen molar-refractivity contribution in [2.24, 2.45) is 0 Å². The quantitative estimate of drug-likeness (QED) is 0.742. The number of fused-ring (bicyclic) bond motifs is 1. The van der Waals surface area contributed by atoms with E-state index in [1.165, 1.54) is 0 Å². The summed E-state index contributed by atoms with van der Waals surface area (Å²) in [4.78, 5) is 31.9. The summed E-state index contributed by atoms with van der Waals surface area (Å²) in [5.74, 6) is 0.857. The molecule has 7 nitrogen and oxygen atoms in total. The van der Waals surface area contributed by atoms with Gasteiger partial charge < -0.3 is 19.5 Å². The number of amides is 2. The molecule has 1 aromatic carbocycles. The van der Waals surface area contributed by atoms with Crippen molar-refractivity contribution < 1.29 is 14.3 Å². The number of benzene rings is 1. The second kappa shape index (κ2) is 9.58. The molecule has 0 aliphatic carbocycles. The molecule has 1 aliphatic heterocycles. The van der Waals surface area contributed by atoms with Crippen LogP contribution < -0.4 is 10.1 Å². The van der Waals surface area contributed by atoms with Gasteiger partial charge in [-0.3, -0.25) is 9.59 Å². The number of carbonyl (C=O) groups excluding carboxylic acids is 2. The lowest BCUT2D eigenvalue weighted by Crippen LogP contribution is -2.31. The first-order chi connectivity index (χ1) is 14.1. The van der Waals surface area contributed by atoms with Gasteiger partial charge in [-0.2, -0.15) is 0 Å². The fourth-order valence-corrected chi connectivity index (χ4v) is 3.74. The zero-order valence-corrected chi connectivity index (χ0v) is 17.5. The maximum absolute atomic E-state index is 12.9. The molecule has 0 spiro atoms. The average Bonchev–Trinajstić information content (AvgIpc) is 3.15. The Balaban J connectivity index is 1.71. The Bertz CT molecular complexity index is 854. The topological polar surface area (TPSA) is 76.5 Å². The number of hydrogen-bond donors (Lipinski definition) is 1. The molecule has 0 saturated carbocycles. The van der Waals surface area contributed by atoms with E-state index in [0.29, 0.717) is 37.6 Å². The van der Waals surface area contributed by atoms with Gasteiger partial charge in [-0.25, -0.2) is 4.98 Å². The molecule has 1 N–H and O–H groups in total. The smallest absolute Gasteiger partial charge is 0.287 e. The van der Waals surface area contributed by atoms with E-state index in [2.05, 4.69) is 10.3 Å². The zero-order valence-electron chi connectivity index (χ0n) is 17.5. The molecular weight excluding hydrogens is 368 g/mol. The van der Waals surface area contributed by atoms with E-state index in [-0.39, 0.29) is 11.8 Å². The van der Waals surface area contributed by atoms with Crippen molar-refractivity contribution in [3.8, 4) is 5.75 Å².